The van der Waals surface area contributed by atoms with Crippen LogP contribution in [0.25, 0.3) is 0 Å². The summed E-state index contributed by atoms with van der Waals surface area (Å²) in [6, 6.07) is 3.51. The number of amides is 1. The fraction of sp³-hybridized carbons (Fsp3) is 0.462. The summed E-state index contributed by atoms with van der Waals surface area (Å²) in [5.41, 5.74) is 0.639. The van der Waals surface area contributed by atoms with E-state index in [1.54, 1.807) is 18.8 Å². The SMILES string of the molecule is CN(C(=O)c1cccc(C(F)(F)F)c1NN)C1CCSC1. The van der Waals surface area contributed by atoms with Crippen LogP contribution >= 0.6 is 11.8 Å². The highest BCUT2D eigenvalue weighted by Crippen LogP contribution is 2.36. The van der Waals surface area contributed by atoms with Gasteiger partial charge >= 0.3 is 6.18 Å². The standard InChI is InChI=1S/C13H16F3N3OS/c1-19(8-5-6-21-7-8)12(20)9-3-2-4-10(11(9)18-17)13(14,15)16/h2-4,8,18H,5-7,17H2,1H3. The van der Waals surface area contributed by atoms with E-state index in [1.807, 2.05) is 5.43 Å². The maximum absolute atomic E-state index is 13.0. The molecule has 1 aliphatic rings. The molecule has 1 aromatic carbocycles. The number of rotatable bonds is 3. The van der Waals surface area contributed by atoms with Crippen LogP contribution in [-0.4, -0.2) is 35.4 Å². The molecule has 116 valence electrons. The Morgan fingerprint density at radius 3 is 2.71 bits per heavy atom. The van der Waals surface area contributed by atoms with Crippen molar-refractivity contribution in [2.45, 2.75) is 18.6 Å². The van der Waals surface area contributed by atoms with E-state index in [0.717, 1.165) is 24.0 Å². The molecule has 8 heteroatoms. The highest BCUT2D eigenvalue weighted by atomic mass is 32.2. The second-order valence-electron chi connectivity index (χ2n) is 4.80. The number of carbonyl (C=O) groups excluding carboxylic acids is 1. The maximum atomic E-state index is 13.0. The van der Waals surface area contributed by atoms with Crippen LogP contribution in [-0.2, 0) is 6.18 Å². The number of para-hydroxylation sites is 1. The Kier molecular flexibility index (Phi) is 4.67. The van der Waals surface area contributed by atoms with Crippen LogP contribution in [0.3, 0.4) is 0 Å². The molecule has 2 rings (SSSR count). The summed E-state index contributed by atoms with van der Waals surface area (Å²) >= 11 is 1.73. The van der Waals surface area contributed by atoms with Gasteiger partial charge in [0.2, 0.25) is 0 Å². The van der Waals surface area contributed by atoms with Crippen molar-refractivity contribution in [3.05, 3.63) is 29.3 Å². The van der Waals surface area contributed by atoms with Crippen LogP contribution in [0.15, 0.2) is 18.2 Å². The number of anilines is 1. The third-order valence-electron chi connectivity index (χ3n) is 3.52. The van der Waals surface area contributed by atoms with Crippen LogP contribution < -0.4 is 11.3 Å². The van der Waals surface area contributed by atoms with Gasteiger partial charge < -0.3 is 10.3 Å². The Labute approximate surface area is 124 Å². The quantitative estimate of drug-likeness (QED) is 0.664. The maximum Gasteiger partial charge on any atom is 0.418 e. The Bertz CT molecular complexity index is 530. The van der Waals surface area contributed by atoms with Crippen LogP contribution in [0.4, 0.5) is 18.9 Å². The van der Waals surface area contributed by atoms with E-state index in [1.165, 1.54) is 17.0 Å². The number of thioether (sulfide) groups is 1. The van der Waals surface area contributed by atoms with Gasteiger partial charge in [0.25, 0.3) is 5.91 Å². The van der Waals surface area contributed by atoms with Gasteiger partial charge in [0, 0.05) is 18.8 Å². The van der Waals surface area contributed by atoms with Crippen molar-refractivity contribution in [3.63, 3.8) is 0 Å². The van der Waals surface area contributed by atoms with Gasteiger partial charge in [-0.15, -0.1) is 0 Å². The van der Waals surface area contributed by atoms with Crippen molar-refractivity contribution >= 4 is 23.4 Å². The van der Waals surface area contributed by atoms with Gasteiger partial charge in [-0.05, 0) is 24.3 Å². The lowest BCUT2D eigenvalue weighted by Gasteiger charge is -2.25. The van der Waals surface area contributed by atoms with Gasteiger partial charge in [-0.2, -0.15) is 24.9 Å². The third kappa shape index (κ3) is 3.26. The lowest BCUT2D eigenvalue weighted by Crippen LogP contribution is -2.37. The van der Waals surface area contributed by atoms with Gasteiger partial charge in [-0.3, -0.25) is 10.6 Å². The fourth-order valence-corrected chi connectivity index (χ4v) is 3.57. The molecule has 0 aliphatic carbocycles. The zero-order valence-electron chi connectivity index (χ0n) is 11.4. The number of carbonyl (C=O) groups is 1. The smallest absolute Gasteiger partial charge is 0.338 e. The fourth-order valence-electron chi connectivity index (χ4n) is 2.31. The molecular formula is C13H16F3N3OS. The number of benzene rings is 1. The van der Waals surface area contributed by atoms with Gasteiger partial charge in [0.15, 0.2) is 0 Å². The zero-order chi connectivity index (χ0) is 15.6. The van der Waals surface area contributed by atoms with Gasteiger partial charge in [-0.1, -0.05) is 6.07 Å². The van der Waals surface area contributed by atoms with E-state index in [4.69, 9.17) is 5.84 Å². The molecule has 0 saturated carbocycles. The van der Waals surface area contributed by atoms with Crippen molar-refractivity contribution in [1.29, 1.82) is 0 Å². The normalized spacial score (nSPS) is 18.6. The Balaban J connectivity index is 2.36. The first-order valence-corrected chi connectivity index (χ1v) is 7.53. The van der Waals surface area contributed by atoms with Gasteiger partial charge in [0.1, 0.15) is 0 Å². The van der Waals surface area contributed by atoms with E-state index in [-0.39, 0.29) is 17.3 Å². The van der Waals surface area contributed by atoms with Crippen LogP contribution in [0.2, 0.25) is 0 Å². The molecule has 0 bridgehead atoms. The van der Waals surface area contributed by atoms with Crippen LogP contribution in [0, 0.1) is 0 Å². The summed E-state index contributed by atoms with van der Waals surface area (Å²) in [7, 11) is 1.61. The lowest BCUT2D eigenvalue weighted by molar-refractivity contribution is -0.137. The summed E-state index contributed by atoms with van der Waals surface area (Å²) in [6.07, 6.45) is -3.73. The van der Waals surface area contributed by atoms with E-state index >= 15 is 0 Å². The number of nitrogen functional groups attached to an aromatic ring is 1. The number of nitrogens with one attached hydrogen (secondary N) is 1. The van der Waals surface area contributed by atoms with Crippen LogP contribution in [0.5, 0.6) is 0 Å². The van der Waals surface area contributed by atoms with E-state index < -0.39 is 17.6 Å². The molecule has 1 amide bonds. The predicted molar refractivity (Wildman–Crippen MR) is 77.1 cm³/mol. The predicted octanol–water partition coefficient (Wildman–Crippen LogP) is 2.57. The topological polar surface area (TPSA) is 58.4 Å². The van der Waals surface area contributed by atoms with Crippen molar-refractivity contribution in [2.75, 3.05) is 24.0 Å². The summed E-state index contributed by atoms with van der Waals surface area (Å²) in [6.45, 7) is 0. The molecule has 4 nitrogen and oxygen atoms in total. The Hall–Kier alpha value is -1.41. The minimum atomic E-state index is -4.57. The van der Waals surface area contributed by atoms with E-state index in [9.17, 15) is 18.0 Å². The number of nitrogens with zero attached hydrogens (tertiary/aromatic N) is 1. The number of halogens is 3. The highest BCUT2D eigenvalue weighted by molar-refractivity contribution is 7.99. The van der Waals surface area contributed by atoms with E-state index in [0.29, 0.717) is 0 Å². The number of nitrogens with two attached hydrogens (primary N) is 1. The average molecular weight is 319 g/mol. The Morgan fingerprint density at radius 1 is 1.48 bits per heavy atom. The summed E-state index contributed by atoms with van der Waals surface area (Å²) in [5.74, 6) is 6.51. The number of hydrogen-bond acceptors (Lipinski definition) is 4. The van der Waals surface area contributed by atoms with Gasteiger partial charge in [0.05, 0.1) is 16.8 Å². The number of hydrazine groups is 1. The molecule has 1 unspecified atom stereocenters. The van der Waals surface area contributed by atoms with Crippen LogP contribution in [0.1, 0.15) is 22.3 Å². The molecule has 1 fully saturated rings. The minimum Gasteiger partial charge on any atom is -0.338 e. The third-order valence-corrected chi connectivity index (χ3v) is 4.66. The van der Waals surface area contributed by atoms with Crippen molar-refractivity contribution < 1.29 is 18.0 Å². The molecule has 21 heavy (non-hydrogen) atoms. The van der Waals surface area contributed by atoms with Crippen molar-refractivity contribution in [2.24, 2.45) is 5.84 Å². The Morgan fingerprint density at radius 2 is 2.19 bits per heavy atom. The van der Waals surface area contributed by atoms with E-state index in [2.05, 4.69) is 0 Å². The van der Waals surface area contributed by atoms with Crippen molar-refractivity contribution in [1.82, 2.24) is 4.90 Å². The largest absolute Gasteiger partial charge is 0.418 e. The molecule has 1 aliphatic heterocycles. The second kappa shape index (κ2) is 6.15. The molecule has 0 spiro atoms. The first-order valence-electron chi connectivity index (χ1n) is 6.38. The summed E-state index contributed by atoms with van der Waals surface area (Å²) in [4.78, 5) is 13.9. The van der Waals surface area contributed by atoms with Crippen molar-refractivity contribution in [3.8, 4) is 0 Å². The number of alkyl halides is 3. The summed E-state index contributed by atoms with van der Waals surface area (Å²) < 4.78 is 38.9. The highest BCUT2D eigenvalue weighted by Gasteiger charge is 2.36. The molecule has 3 N–H and O–H groups in total. The molecule has 1 heterocycles. The zero-order valence-corrected chi connectivity index (χ0v) is 12.2. The first-order chi connectivity index (χ1) is 9.86. The molecule has 1 atom stereocenters. The number of hydrogen-bond donors (Lipinski definition) is 2. The first kappa shape index (κ1) is 16.0. The molecule has 1 saturated heterocycles. The molecule has 1 aromatic rings. The minimum absolute atomic E-state index is 0.0441. The molecule has 0 radical (unpaired) electrons. The summed E-state index contributed by atoms with van der Waals surface area (Å²) in [5, 5.41) is 0. The average Bonchev–Trinajstić information content (AvgIpc) is 2.98. The van der Waals surface area contributed by atoms with Gasteiger partial charge in [-0.25, -0.2) is 0 Å². The second-order valence-corrected chi connectivity index (χ2v) is 5.95. The lowest BCUT2D eigenvalue weighted by atomic mass is 10.0. The molecule has 0 aromatic heterocycles. The molecular weight excluding hydrogens is 303 g/mol. The monoisotopic (exact) mass is 319 g/mol.